The van der Waals surface area contributed by atoms with Gasteiger partial charge in [-0.1, -0.05) is 12.2 Å². The minimum Gasteiger partial charge on any atom is -0.458 e. The first-order valence-corrected chi connectivity index (χ1v) is 7.78. The van der Waals surface area contributed by atoms with Gasteiger partial charge in [-0.2, -0.15) is 13.2 Å². The van der Waals surface area contributed by atoms with Gasteiger partial charge in [0.1, 0.15) is 17.7 Å². The van der Waals surface area contributed by atoms with Crippen LogP contribution in [0.1, 0.15) is 41.0 Å². The lowest BCUT2D eigenvalue weighted by molar-refractivity contribution is -0.177. The van der Waals surface area contributed by atoms with Gasteiger partial charge in [-0.3, -0.25) is 4.79 Å². The van der Waals surface area contributed by atoms with Crippen LogP contribution in [0.3, 0.4) is 0 Å². The highest BCUT2D eigenvalue weighted by Crippen LogP contribution is 2.23. The maximum Gasteiger partial charge on any atom is 0.471 e. The first-order valence-electron chi connectivity index (χ1n) is 7.78. The Morgan fingerprint density at radius 2 is 1.92 bits per heavy atom. The molecule has 144 valence electrons. The van der Waals surface area contributed by atoms with Crippen LogP contribution in [-0.2, 0) is 23.8 Å². The molecule has 1 amide bonds. The zero-order valence-corrected chi connectivity index (χ0v) is 14.9. The Kier molecular flexibility index (Phi) is 6.63. The van der Waals surface area contributed by atoms with E-state index < -0.39 is 35.5 Å². The Balaban J connectivity index is 2.74. The monoisotopic (exact) mass is 367 g/mol. The van der Waals surface area contributed by atoms with Gasteiger partial charge in [0.05, 0.1) is 6.61 Å². The Bertz CT molecular complexity index is 523. The molecule has 2 atom stereocenters. The molecule has 1 saturated heterocycles. The maximum atomic E-state index is 12.4. The van der Waals surface area contributed by atoms with Gasteiger partial charge in [-0.15, -0.1) is 0 Å². The highest BCUT2D eigenvalue weighted by atomic mass is 19.4. The van der Waals surface area contributed by atoms with E-state index >= 15 is 0 Å². The van der Waals surface area contributed by atoms with Crippen LogP contribution in [0.5, 0.6) is 0 Å². The van der Waals surface area contributed by atoms with E-state index in [4.69, 9.17) is 14.2 Å². The molecule has 1 aliphatic rings. The Labute approximate surface area is 144 Å². The number of hydrogen-bond donors (Lipinski definition) is 1. The topological polar surface area (TPSA) is 73.9 Å². The second-order valence-electron chi connectivity index (χ2n) is 7.09. The van der Waals surface area contributed by atoms with Gasteiger partial charge in [0.25, 0.3) is 0 Å². The molecule has 0 spiro atoms. The standard InChI is InChI=1S/C16H24F3NO5/c1-14(2,3)25-12(21)11(20-13(22)16(17,18)19)8-6-7-10-9-23-15(4,5)24-10/h6-7,10-11H,8-9H2,1-5H3,(H,20,22)/b7-6+/t10-,11-/m0/s1. The summed E-state index contributed by atoms with van der Waals surface area (Å²) < 4.78 is 53.3. The highest BCUT2D eigenvalue weighted by molar-refractivity contribution is 5.87. The number of carbonyl (C=O) groups excluding carboxylic acids is 2. The summed E-state index contributed by atoms with van der Waals surface area (Å²) in [5.74, 6) is -3.89. The van der Waals surface area contributed by atoms with Crippen LogP contribution in [0.4, 0.5) is 13.2 Å². The minimum absolute atomic E-state index is 0.170. The van der Waals surface area contributed by atoms with Gasteiger partial charge in [-0.25, -0.2) is 4.79 Å². The van der Waals surface area contributed by atoms with Crippen molar-refractivity contribution in [2.45, 2.75) is 70.7 Å². The van der Waals surface area contributed by atoms with Crippen molar-refractivity contribution in [3.63, 3.8) is 0 Å². The Morgan fingerprint density at radius 3 is 2.36 bits per heavy atom. The third-order valence-corrected chi connectivity index (χ3v) is 3.01. The summed E-state index contributed by atoms with van der Waals surface area (Å²) in [7, 11) is 0. The summed E-state index contributed by atoms with van der Waals surface area (Å²) in [4.78, 5) is 23.2. The first-order chi connectivity index (χ1) is 11.2. The average Bonchev–Trinajstić information content (AvgIpc) is 2.73. The van der Waals surface area contributed by atoms with Gasteiger partial charge >= 0.3 is 18.1 Å². The molecule has 0 aromatic rings. The predicted molar refractivity (Wildman–Crippen MR) is 82.5 cm³/mol. The molecule has 9 heteroatoms. The zero-order chi connectivity index (χ0) is 19.5. The molecule has 0 saturated carbocycles. The number of ether oxygens (including phenoxy) is 3. The fraction of sp³-hybridized carbons (Fsp3) is 0.750. The summed E-state index contributed by atoms with van der Waals surface area (Å²) in [6.07, 6.45) is -2.60. The molecular weight excluding hydrogens is 343 g/mol. The molecule has 1 N–H and O–H groups in total. The van der Waals surface area contributed by atoms with Gasteiger partial charge < -0.3 is 19.5 Å². The van der Waals surface area contributed by atoms with Crippen LogP contribution in [-0.4, -0.2) is 48.2 Å². The van der Waals surface area contributed by atoms with Crippen molar-refractivity contribution >= 4 is 11.9 Å². The molecule has 25 heavy (non-hydrogen) atoms. The fourth-order valence-corrected chi connectivity index (χ4v) is 2.00. The number of rotatable bonds is 5. The molecule has 1 aliphatic heterocycles. The third kappa shape index (κ3) is 7.87. The first kappa shape index (κ1) is 21.4. The molecule has 1 fully saturated rings. The summed E-state index contributed by atoms with van der Waals surface area (Å²) in [6.45, 7) is 8.48. The van der Waals surface area contributed by atoms with Gasteiger partial charge in [0, 0.05) is 0 Å². The molecule has 0 aromatic carbocycles. The van der Waals surface area contributed by atoms with E-state index in [1.165, 1.54) is 6.08 Å². The molecule has 0 unspecified atom stereocenters. The number of alkyl halides is 3. The van der Waals surface area contributed by atoms with Crippen molar-refractivity contribution in [1.29, 1.82) is 0 Å². The minimum atomic E-state index is -5.09. The van der Waals surface area contributed by atoms with Crippen LogP contribution < -0.4 is 5.32 Å². The van der Waals surface area contributed by atoms with Gasteiger partial charge in [0.2, 0.25) is 0 Å². The van der Waals surface area contributed by atoms with Crippen LogP contribution in [0.2, 0.25) is 0 Å². The SMILES string of the molecule is CC(C)(C)OC(=O)[C@H](C/C=C/[C@H]1COC(C)(C)O1)NC(=O)C(F)(F)F. The predicted octanol–water partition coefficient (Wildman–Crippen LogP) is 2.47. The van der Waals surface area contributed by atoms with E-state index in [2.05, 4.69) is 0 Å². The maximum absolute atomic E-state index is 12.4. The molecular formula is C16H24F3NO5. The van der Waals surface area contributed by atoms with Crippen LogP contribution in [0.15, 0.2) is 12.2 Å². The average molecular weight is 367 g/mol. The molecule has 6 nitrogen and oxygen atoms in total. The second-order valence-corrected chi connectivity index (χ2v) is 7.09. The van der Waals surface area contributed by atoms with E-state index in [-0.39, 0.29) is 19.1 Å². The van der Waals surface area contributed by atoms with E-state index in [1.54, 1.807) is 46.0 Å². The Morgan fingerprint density at radius 1 is 1.32 bits per heavy atom. The van der Waals surface area contributed by atoms with E-state index in [1.807, 2.05) is 0 Å². The largest absolute Gasteiger partial charge is 0.471 e. The molecule has 0 aliphatic carbocycles. The number of esters is 1. The lowest BCUT2D eigenvalue weighted by Crippen LogP contribution is -2.48. The normalized spacial score (nSPS) is 22.0. The second kappa shape index (κ2) is 7.74. The van der Waals surface area contributed by atoms with E-state index in [9.17, 15) is 22.8 Å². The van der Waals surface area contributed by atoms with Gasteiger partial charge in [-0.05, 0) is 41.0 Å². The summed E-state index contributed by atoms with van der Waals surface area (Å²) in [6, 6.07) is -1.46. The van der Waals surface area contributed by atoms with Crippen LogP contribution in [0.25, 0.3) is 0 Å². The van der Waals surface area contributed by atoms with Crippen molar-refractivity contribution < 1.29 is 37.0 Å². The smallest absolute Gasteiger partial charge is 0.458 e. The Hall–Kier alpha value is -1.61. The number of hydrogen-bond acceptors (Lipinski definition) is 5. The van der Waals surface area contributed by atoms with Crippen molar-refractivity contribution in [1.82, 2.24) is 5.32 Å². The number of halogens is 3. The molecule has 0 aromatic heterocycles. The molecule has 0 bridgehead atoms. The fourth-order valence-electron chi connectivity index (χ4n) is 2.00. The number of amides is 1. The highest BCUT2D eigenvalue weighted by Gasteiger charge is 2.41. The van der Waals surface area contributed by atoms with Crippen molar-refractivity contribution in [3.05, 3.63) is 12.2 Å². The van der Waals surface area contributed by atoms with E-state index in [0.29, 0.717) is 0 Å². The zero-order valence-electron chi connectivity index (χ0n) is 14.9. The van der Waals surface area contributed by atoms with E-state index in [0.717, 1.165) is 0 Å². The quantitative estimate of drug-likeness (QED) is 0.597. The van der Waals surface area contributed by atoms with Gasteiger partial charge in [0.15, 0.2) is 5.79 Å². The number of nitrogens with one attached hydrogen (secondary N) is 1. The third-order valence-electron chi connectivity index (χ3n) is 3.01. The van der Waals surface area contributed by atoms with Crippen molar-refractivity contribution in [2.24, 2.45) is 0 Å². The molecule has 0 radical (unpaired) electrons. The van der Waals surface area contributed by atoms with Crippen molar-refractivity contribution in [2.75, 3.05) is 6.61 Å². The summed E-state index contributed by atoms with van der Waals surface area (Å²) in [5.41, 5.74) is -0.894. The van der Waals surface area contributed by atoms with Crippen LogP contribution in [0, 0.1) is 0 Å². The summed E-state index contributed by atoms with van der Waals surface area (Å²) >= 11 is 0. The lowest BCUT2D eigenvalue weighted by atomic mass is 10.1. The molecule has 1 rings (SSSR count). The van der Waals surface area contributed by atoms with Crippen LogP contribution >= 0.6 is 0 Å². The van der Waals surface area contributed by atoms with Crippen molar-refractivity contribution in [3.8, 4) is 0 Å². The number of carbonyl (C=O) groups is 2. The molecule has 1 heterocycles. The summed E-state index contributed by atoms with van der Waals surface area (Å²) in [5, 5.41) is 1.66. The lowest BCUT2D eigenvalue weighted by Gasteiger charge is -2.24.